The molecular formula is C14H19NO2. The lowest BCUT2D eigenvalue weighted by molar-refractivity contribution is -0.151. The number of aryl methyl sites for hydroxylation is 1. The minimum Gasteiger partial charge on any atom is -0.468 e. The van der Waals surface area contributed by atoms with Gasteiger partial charge in [0.25, 0.3) is 0 Å². The number of nitrogens with zero attached hydrogens (tertiary/aromatic N) is 1. The van der Waals surface area contributed by atoms with Crippen molar-refractivity contribution in [1.82, 2.24) is 4.90 Å². The molecule has 0 saturated carbocycles. The summed E-state index contributed by atoms with van der Waals surface area (Å²) in [6.07, 6.45) is 1.93. The van der Waals surface area contributed by atoms with Crippen LogP contribution in [0.3, 0.4) is 0 Å². The lowest BCUT2D eigenvalue weighted by Gasteiger charge is -2.38. The van der Waals surface area contributed by atoms with Gasteiger partial charge in [0, 0.05) is 13.1 Å². The SMILES string of the molecule is COC(=O)C1CCN1CCc1ccccc1C. The summed E-state index contributed by atoms with van der Waals surface area (Å²) >= 11 is 0. The first-order valence-corrected chi connectivity index (χ1v) is 6.08. The zero-order valence-electron chi connectivity index (χ0n) is 10.5. The molecule has 1 aliphatic heterocycles. The number of rotatable bonds is 4. The van der Waals surface area contributed by atoms with Crippen LogP contribution in [0.15, 0.2) is 24.3 Å². The van der Waals surface area contributed by atoms with E-state index in [1.54, 1.807) is 0 Å². The standard InChI is InChI=1S/C14H19NO2/c1-11-5-3-4-6-12(11)7-9-15-10-8-13(15)14(16)17-2/h3-6,13H,7-10H2,1-2H3. The van der Waals surface area contributed by atoms with Gasteiger partial charge in [-0.1, -0.05) is 24.3 Å². The first-order chi connectivity index (χ1) is 8.22. The van der Waals surface area contributed by atoms with Crippen LogP contribution in [0.4, 0.5) is 0 Å². The van der Waals surface area contributed by atoms with E-state index in [0.29, 0.717) is 0 Å². The van der Waals surface area contributed by atoms with Crippen molar-refractivity contribution in [2.45, 2.75) is 25.8 Å². The van der Waals surface area contributed by atoms with Crippen molar-refractivity contribution in [2.75, 3.05) is 20.2 Å². The number of hydrogen-bond donors (Lipinski definition) is 0. The van der Waals surface area contributed by atoms with Gasteiger partial charge in [-0.3, -0.25) is 9.69 Å². The second-order valence-corrected chi connectivity index (χ2v) is 4.54. The van der Waals surface area contributed by atoms with Gasteiger partial charge in [0.1, 0.15) is 6.04 Å². The summed E-state index contributed by atoms with van der Waals surface area (Å²) in [5.41, 5.74) is 2.69. The highest BCUT2D eigenvalue weighted by atomic mass is 16.5. The first kappa shape index (κ1) is 12.1. The van der Waals surface area contributed by atoms with E-state index in [-0.39, 0.29) is 12.0 Å². The maximum atomic E-state index is 11.4. The summed E-state index contributed by atoms with van der Waals surface area (Å²) in [6.45, 7) is 4.07. The lowest BCUT2D eigenvalue weighted by Crippen LogP contribution is -2.53. The van der Waals surface area contributed by atoms with E-state index in [0.717, 1.165) is 25.9 Å². The monoisotopic (exact) mass is 233 g/mol. The van der Waals surface area contributed by atoms with Crippen LogP contribution in [0.2, 0.25) is 0 Å². The Morgan fingerprint density at radius 1 is 1.47 bits per heavy atom. The van der Waals surface area contributed by atoms with E-state index in [1.165, 1.54) is 18.2 Å². The zero-order chi connectivity index (χ0) is 12.3. The van der Waals surface area contributed by atoms with Crippen LogP contribution in [0, 0.1) is 6.92 Å². The Balaban J connectivity index is 1.87. The van der Waals surface area contributed by atoms with E-state index in [2.05, 4.69) is 36.1 Å². The summed E-state index contributed by atoms with van der Waals surface area (Å²) in [7, 11) is 1.46. The maximum absolute atomic E-state index is 11.4. The smallest absolute Gasteiger partial charge is 0.323 e. The molecule has 1 unspecified atom stereocenters. The molecule has 0 bridgehead atoms. The summed E-state index contributed by atoms with van der Waals surface area (Å²) in [5, 5.41) is 0. The Kier molecular flexibility index (Phi) is 3.79. The number of benzene rings is 1. The molecule has 3 heteroatoms. The molecule has 0 aromatic heterocycles. The molecule has 3 nitrogen and oxygen atoms in total. The molecule has 0 spiro atoms. The fourth-order valence-electron chi connectivity index (χ4n) is 2.27. The largest absolute Gasteiger partial charge is 0.468 e. The van der Waals surface area contributed by atoms with Gasteiger partial charge >= 0.3 is 5.97 Å². The molecule has 1 fully saturated rings. The molecular weight excluding hydrogens is 214 g/mol. The van der Waals surface area contributed by atoms with Gasteiger partial charge in [0.15, 0.2) is 0 Å². The van der Waals surface area contributed by atoms with Gasteiger partial charge < -0.3 is 4.74 Å². The molecule has 1 saturated heterocycles. The van der Waals surface area contributed by atoms with E-state index in [4.69, 9.17) is 4.74 Å². The van der Waals surface area contributed by atoms with Crippen molar-refractivity contribution in [2.24, 2.45) is 0 Å². The van der Waals surface area contributed by atoms with Crippen LogP contribution in [0.25, 0.3) is 0 Å². The van der Waals surface area contributed by atoms with E-state index in [9.17, 15) is 4.79 Å². The molecule has 0 N–H and O–H groups in total. The van der Waals surface area contributed by atoms with E-state index >= 15 is 0 Å². The fourth-order valence-corrected chi connectivity index (χ4v) is 2.27. The van der Waals surface area contributed by atoms with Crippen molar-refractivity contribution in [1.29, 1.82) is 0 Å². The second-order valence-electron chi connectivity index (χ2n) is 4.54. The Hall–Kier alpha value is -1.35. The molecule has 1 heterocycles. The molecule has 0 radical (unpaired) electrons. The predicted molar refractivity (Wildman–Crippen MR) is 66.9 cm³/mol. The van der Waals surface area contributed by atoms with Crippen molar-refractivity contribution in [3.05, 3.63) is 35.4 Å². The number of esters is 1. The minimum atomic E-state index is -0.0963. The highest BCUT2D eigenvalue weighted by Gasteiger charge is 2.34. The molecule has 2 rings (SSSR count). The maximum Gasteiger partial charge on any atom is 0.323 e. The molecule has 0 amide bonds. The van der Waals surface area contributed by atoms with Crippen LogP contribution >= 0.6 is 0 Å². The van der Waals surface area contributed by atoms with Crippen molar-refractivity contribution in [3.8, 4) is 0 Å². The van der Waals surface area contributed by atoms with Crippen molar-refractivity contribution >= 4 is 5.97 Å². The van der Waals surface area contributed by atoms with Gasteiger partial charge in [-0.15, -0.1) is 0 Å². The Labute approximate surface area is 102 Å². The highest BCUT2D eigenvalue weighted by molar-refractivity contribution is 5.76. The fraction of sp³-hybridized carbons (Fsp3) is 0.500. The van der Waals surface area contributed by atoms with Crippen LogP contribution < -0.4 is 0 Å². The molecule has 1 atom stereocenters. The third-order valence-electron chi connectivity index (χ3n) is 3.53. The van der Waals surface area contributed by atoms with Gasteiger partial charge in [-0.2, -0.15) is 0 Å². The highest BCUT2D eigenvalue weighted by Crippen LogP contribution is 2.19. The number of carbonyl (C=O) groups is 1. The number of hydrogen-bond acceptors (Lipinski definition) is 3. The number of ether oxygens (including phenoxy) is 1. The minimum absolute atomic E-state index is 0.0102. The summed E-state index contributed by atoms with van der Waals surface area (Å²) in [6, 6.07) is 8.39. The van der Waals surface area contributed by atoms with Gasteiger partial charge in [-0.05, 0) is 30.9 Å². The molecule has 92 valence electrons. The summed E-state index contributed by atoms with van der Waals surface area (Å²) < 4.78 is 4.78. The van der Waals surface area contributed by atoms with Crippen LogP contribution in [0.5, 0.6) is 0 Å². The average Bonchev–Trinajstić information content (AvgIpc) is 2.30. The van der Waals surface area contributed by atoms with Gasteiger partial charge in [0.05, 0.1) is 7.11 Å². The number of likely N-dealkylation sites (tertiary alicyclic amines) is 1. The topological polar surface area (TPSA) is 29.5 Å². The molecule has 1 aromatic carbocycles. The zero-order valence-corrected chi connectivity index (χ0v) is 10.5. The average molecular weight is 233 g/mol. The molecule has 17 heavy (non-hydrogen) atoms. The second kappa shape index (κ2) is 5.32. The van der Waals surface area contributed by atoms with E-state index < -0.39 is 0 Å². The molecule has 1 aliphatic rings. The Bertz CT molecular complexity index is 403. The van der Waals surface area contributed by atoms with Crippen molar-refractivity contribution in [3.63, 3.8) is 0 Å². The predicted octanol–water partition coefficient (Wildman–Crippen LogP) is 1.78. The Morgan fingerprint density at radius 3 is 2.82 bits per heavy atom. The third kappa shape index (κ3) is 2.67. The first-order valence-electron chi connectivity index (χ1n) is 6.08. The number of methoxy groups -OCH3 is 1. The normalized spacial score (nSPS) is 19.8. The Morgan fingerprint density at radius 2 is 2.24 bits per heavy atom. The quantitative estimate of drug-likeness (QED) is 0.742. The van der Waals surface area contributed by atoms with Crippen LogP contribution in [-0.4, -0.2) is 37.1 Å². The molecule has 0 aliphatic carbocycles. The number of carbonyl (C=O) groups excluding carboxylic acids is 1. The summed E-state index contributed by atoms with van der Waals surface area (Å²) in [4.78, 5) is 13.6. The van der Waals surface area contributed by atoms with Gasteiger partial charge in [-0.25, -0.2) is 0 Å². The lowest BCUT2D eigenvalue weighted by atomic mass is 10.0. The summed E-state index contributed by atoms with van der Waals surface area (Å²) in [5.74, 6) is -0.0963. The van der Waals surface area contributed by atoms with Crippen LogP contribution in [-0.2, 0) is 16.0 Å². The third-order valence-corrected chi connectivity index (χ3v) is 3.53. The van der Waals surface area contributed by atoms with Crippen LogP contribution in [0.1, 0.15) is 17.5 Å². The van der Waals surface area contributed by atoms with Gasteiger partial charge in [0.2, 0.25) is 0 Å². The molecule has 1 aromatic rings. The van der Waals surface area contributed by atoms with Crippen molar-refractivity contribution < 1.29 is 9.53 Å². The van der Waals surface area contributed by atoms with E-state index in [1.807, 2.05) is 0 Å².